The van der Waals surface area contributed by atoms with Crippen LogP contribution in [0, 0.1) is 3.57 Å². The Morgan fingerprint density at radius 2 is 2.17 bits per heavy atom. The lowest BCUT2D eigenvalue weighted by atomic mass is 10.1. The summed E-state index contributed by atoms with van der Waals surface area (Å²) in [5.41, 5.74) is 0.978. The molecule has 120 valence electrons. The van der Waals surface area contributed by atoms with Crippen LogP contribution in [0.25, 0.3) is 10.9 Å². The van der Waals surface area contributed by atoms with Crippen LogP contribution in [0.5, 0.6) is 0 Å². The molecule has 0 unspecified atom stereocenters. The van der Waals surface area contributed by atoms with Crippen molar-refractivity contribution in [3.8, 4) is 0 Å². The summed E-state index contributed by atoms with van der Waals surface area (Å²) in [4.78, 5) is 25.2. The van der Waals surface area contributed by atoms with Gasteiger partial charge in [-0.15, -0.1) is 0 Å². The number of carbonyl (C=O) groups is 2. The first-order valence-corrected chi connectivity index (χ1v) is 8.58. The monoisotopic (exact) mass is 443 g/mol. The Morgan fingerprint density at radius 1 is 1.43 bits per heavy atom. The van der Waals surface area contributed by atoms with Crippen LogP contribution in [0.2, 0.25) is 5.02 Å². The molecule has 0 saturated carbocycles. The van der Waals surface area contributed by atoms with E-state index in [1.54, 1.807) is 4.90 Å². The third-order valence-electron chi connectivity index (χ3n) is 3.84. The SMILES string of the molecule is C=CC(=O)N1CC(NC(=O)Cn2cc(I)c3cc(Cl)ccc32)C1. The lowest BCUT2D eigenvalue weighted by molar-refractivity contribution is -0.133. The minimum absolute atomic E-state index is 0.0155. The number of likely N-dealkylation sites (tertiary alicyclic amines) is 1. The number of nitrogens with zero attached hydrogens (tertiary/aromatic N) is 2. The smallest absolute Gasteiger partial charge is 0.246 e. The van der Waals surface area contributed by atoms with Crippen LogP contribution in [0.1, 0.15) is 0 Å². The lowest BCUT2D eigenvalue weighted by Gasteiger charge is -2.38. The van der Waals surface area contributed by atoms with Crippen LogP contribution in [-0.2, 0) is 16.1 Å². The topological polar surface area (TPSA) is 54.3 Å². The highest BCUT2D eigenvalue weighted by Crippen LogP contribution is 2.26. The number of aromatic nitrogens is 1. The van der Waals surface area contributed by atoms with Crippen LogP contribution in [0.15, 0.2) is 37.1 Å². The molecule has 1 N–H and O–H groups in total. The highest BCUT2D eigenvalue weighted by atomic mass is 127. The van der Waals surface area contributed by atoms with Crippen molar-refractivity contribution >= 4 is 56.9 Å². The molecule has 0 radical (unpaired) electrons. The highest BCUT2D eigenvalue weighted by molar-refractivity contribution is 14.1. The van der Waals surface area contributed by atoms with Gasteiger partial charge in [0.25, 0.3) is 0 Å². The fraction of sp³-hybridized carbons (Fsp3) is 0.250. The van der Waals surface area contributed by atoms with E-state index >= 15 is 0 Å². The number of fused-ring (bicyclic) bond motifs is 1. The van der Waals surface area contributed by atoms with Gasteiger partial charge in [-0.2, -0.15) is 0 Å². The van der Waals surface area contributed by atoms with E-state index in [2.05, 4.69) is 34.5 Å². The molecule has 1 saturated heterocycles. The average molecular weight is 444 g/mol. The fourth-order valence-electron chi connectivity index (χ4n) is 2.66. The Labute approximate surface area is 152 Å². The molecule has 1 aromatic carbocycles. The normalized spacial score (nSPS) is 14.6. The minimum atomic E-state index is -0.0988. The number of halogens is 2. The van der Waals surface area contributed by atoms with Gasteiger partial charge in [0.15, 0.2) is 0 Å². The summed E-state index contributed by atoms with van der Waals surface area (Å²) in [6, 6.07) is 5.65. The van der Waals surface area contributed by atoms with Crippen molar-refractivity contribution in [1.82, 2.24) is 14.8 Å². The second-order valence-electron chi connectivity index (χ2n) is 5.48. The molecule has 1 fully saturated rings. The van der Waals surface area contributed by atoms with E-state index in [1.165, 1.54) is 6.08 Å². The maximum atomic E-state index is 12.2. The first kappa shape index (κ1) is 16.3. The lowest BCUT2D eigenvalue weighted by Crippen LogP contribution is -2.61. The van der Waals surface area contributed by atoms with Gasteiger partial charge in [-0.25, -0.2) is 0 Å². The molecule has 1 aromatic heterocycles. The Hall–Kier alpha value is -1.54. The molecule has 2 aromatic rings. The summed E-state index contributed by atoms with van der Waals surface area (Å²) >= 11 is 8.26. The number of benzene rings is 1. The summed E-state index contributed by atoms with van der Waals surface area (Å²) < 4.78 is 2.97. The summed E-state index contributed by atoms with van der Waals surface area (Å²) in [5, 5.41) is 4.66. The minimum Gasteiger partial charge on any atom is -0.348 e. The second-order valence-corrected chi connectivity index (χ2v) is 7.08. The largest absolute Gasteiger partial charge is 0.348 e. The first-order chi connectivity index (χ1) is 11.0. The fourth-order valence-corrected chi connectivity index (χ4v) is 3.60. The predicted octanol–water partition coefficient (Wildman–Crippen LogP) is 2.41. The van der Waals surface area contributed by atoms with Crippen molar-refractivity contribution in [3.05, 3.63) is 45.6 Å². The third-order valence-corrected chi connectivity index (χ3v) is 4.94. The molecule has 23 heavy (non-hydrogen) atoms. The molecule has 3 rings (SSSR count). The van der Waals surface area contributed by atoms with Gasteiger partial charge in [0, 0.05) is 38.8 Å². The number of carbonyl (C=O) groups excluding carboxylic acids is 2. The molecule has 0 bridgehead atoms. The molecular weight excluding hydrogens is 429 g/mol. The van der Waals surface area contributed by atoms with Crippen molar-refractivity contribution in [2.45, 2.75) is 12.6 Å². The van der Waals surface area contributed by atoms with E-state index in [-0.39, 0.29) is 24.4 Å². The Bertz CT molecular complexity index is 796. The van der Waals surface area contributed by atoms with Crippen LogP contribution in [0.4, 0.5) is 0 Å². The molecule has 7 heteroatoms. The highest BCUT2D eigenvalue weighted by Gasteiger charge is 2.30. The zero-order valence-electron chi connectivity index (χ0n) is 12.3. The van der Waals surface area contributed by atoms with Gasteiger partial charge in [0.05, 0.1) is 6.04 Å². The summed E-state index contributed by atoms with van der Waals surface area (Å²) in [6.45, 7) is 4.77. The third kappa shape index (κ3) is 3.37. The first-order valence-electron chi connectivity index (χ1n) is 7.12. The summed E-state index contributed by atoms with van der Waals surface area (Å²) in [5.74, 6) is -0.165. The Balaban J connectivity index is 1.63. The molecule has 5 nitrogen and oxygen atoms in total. The van der Waals surface area contributed by atoms with E-state index in [1.807, 2.05) is 29.0 Å². The second kappa shape index (κ2) is 6.52. The average Bonchev–Trinajstić information content (AvgIpc) is 2.77. The van der Waals surface area contributed by atoms with E-state index in [0.717, 1.165) is 14.5 Å². The quantitative estimate of drug-likeness (QED) is 0.583. The Kier molecular flexibility index (Phi) is 4.63. The molecule has 1 aliphatic heterocycles. The number of amides is 2. The maximum absolute atomic E-state index is 12.2. The predicted molar refractivity (Wildman–Crippen MR) is 98.4 cm³/mol. The van der Waals surface area contributed by atoms with Crippen molar-refractivity contribution in [1.29, 1.82) is 0 Å². The van der Waals surface area contributed by atoms with Crippen LogP contribution >= 0.6 is 34.2 Å². The zero-order chi connectivity index (χ0) is 16.6. The van der Waals surface area contributed by atoms with Gasteiger partial charge in [-0.3, -0.25) is 9.59 Å². The van der Waals surface area contributed by atoms with Crippen molar-refractivity contribution in [2.24, 2.45) is 0 Å². The van der Waals surface area contributed by atoms with E-state index in [4.69, 9.17) is 11.6 Å². The number of hydrogen-bond donors (Lipinski definition) is 1. The van der Waals surface area contributed by atoms with Crippen molar-refractivity contribution < 1.29 is 9.59 Å². The molecule has 0 aliphatic carbocycles. The van der Waals surface area contributed by atoms with Crippen LogP contribution in [-0.4, -0.2) is 40.4 Å². The molecular formula is C16H15ClIN3O2. The standard InChI is InChI=1S/C16H15ClIN3O2/c1-2-16(23)21-6-11(7-21)19-15(22)9-20-8-13(18)12-5-10(17)3-4-14(12)20/h2-5,8,11H,1,6-7,9H2,(H,19,22). The van der Waals surface area contributed by atoms with E-state index in [0.29, 0.717) is 18.1 Å². The molecule has 2 amide bonds. The molecule has 0 atom stereocenters. The van der Waals surface area contributed by atoms with E-state index < -0.39 is 0 Å². The number of nitrogens with one attached hydrogen (secondary N) is 1. The molecule has 2 heterocycles. The van der Waals surface area contributed by atoms with Crippen molar-refractivity contribution in [2.75, 3.05) is 13.1 Å². The van der Waals surface area contributed by atoms with Gasteiger partial charge in [-0.05, 0) is 46.9 Å². The van der Waals surface area contributed by atoms with Crippen molar-refractivity contribution in [3.63, 3.8) is 0 Å². The zero-order valence-corrected chi connectivity index (χ0v) is 15.2. The Morgan fingerprint density at radius 3 is 2.87 bits per heavy atom. The summed E-state index contributed by atoms with van der Waals surface area (Å²) in [6.07, 6.45) is 3.23. The van der Waals surface area contributed by atoms with E-state index in [9.17, 15) is 9.59 Å². The van der Waals surface area contributed by atoms with Crippen LogP contribution in [0.3, 0.4) is 0 Å². The molecule has 0 spiro atoms. The molecule has 1 aliphatic rings. The van der Waals surface area contributed by atoms with Gasteiger partial charge >= 0.3 is 0 Å². The number of hydrogen-bond acceptors (Lipinski definition) is 2. The van der Waals surface area contributed by atoms with Gasteiger partial charge in [0.1, 0.15) is 6.54 Å². The van der Waals surface area contributed by atoms with Gasteiger partial charge < -0.3 is 14.8 Å². The number of rotatable bonds is 4. The van der Waals surface area contributed by atoms with Gasteiger partial charge in [0.2, 0.25) is 11.8 Å². The van der Waals surface area contributed by atoms with Gasteiger partial charge in [-0.1, -0.05) is 18.2 Å². The summed E-state index contributed by atoms with van der Waals surface area (Å²) in [7, 11) is 0. The maximum Gasteiger partial charge on any atom is 0.246 e. The van der Waals surface area contributed by atoms with Crippen LogP contribution < -0.4 is 5.32 Å².